The van der Waals surface area contributed by atoms with Gasteiger partial charge in [0.05, 0.1) is 6.61 Å². The van der Waals surface area contributed by atoms with Crippen LogP contribution in [0.5, 0.6) is 0 Å². The summed E-state index contributed by atoms with van der Waals surface area (Å²) < 4.78 is 10.5. The van der Waals surface area contributed by atoms with Crippen LogP contribution in [0.25, 0.3) is 0 Å². The number of nitrogens with two attached hydrogens (primary N) is 1. The molecule has 0 fully saturated rings. The summed E-state index contributed by atoms with van der Waals surface area (Å²) in [5, 5.41) is 9.67. The number of hydrogen-bond donors (Lipinski definition) is 2. The normalized spacial score (nSPS) is 12.7. The van der Waals surface area contributed by atoms with Gasteiger partial charge in [-0.15, -0.1) is 0 Å². The monoisotopic (exact) mass is 555 g/mol. The number of hydrogen-bond acceptors (Lipinski definition) is 6. The summed E-state index contributed by atoms with van der Waals surface area (Å²) in [6.07, 6.45) is 23.4. The second-order valence-electron chi connectivity index (χ2n) is 11.1. The molecule has 0 aromatic heterocycles. The van der Waals surface area contributed by atoms with Crippen LogP contribution in [-0.2, 0) is 23.9 Å². The van der Waals surface area contributed by atoms with E-state index in [2.05, 4.69) is 13.8 Å². The summed E-state index contributed by atoms with van der Waals surface area (Å²) in [7, 11) is 0. The third-order valence-electron chi connectivity index (χ3n) is 7.31. The van der Waals surface area contributed by atoms with Crippen molar-refractivity contribution < 1.29 is 29.0 Å². The number of aliphatic hydroxyl groups is 1. The lowest BCUT2D eigenvalue weighted by molar-refractivity contribution is -0.174. The minimum absolute atomic E-state index is 0.172. The van der Waals surface area contributed by atoms with Gasteiger partial charge in [-0.2, -0.15) is 0 Å². The second-order valence-corrected chi connectivity index (χ2v) is 11.1. The minimum Gasteiger partial charge on any atom is -0.455 e. The summed E-state index contributed by atoms with van der Waals surface area (Å²) in [4.78, 5) is 36.4. The lowest BCUT2D eigenvalue weighted by Gasteiger charge is -2.23. The molecule has 0 heterocycles. The average Bonchev–Trinajstić information content (AvgIpc) is 2.92. The van der Waals surface area contributed by atoms with E-state index < -0.39 is 36.7 Å². The predicted octanol–water partition coefficient (Wildman–Crippen LogP) is 7.69. The van der Waals surface area contributed by atoms with Crippen LogP contribution in [0.3, 0.4) is 0 Å². The van der Waals surface area contributed by atoms with Crippen molar-refractivity contribution in [2.24, 2.45) is 5.73 Å². The zero-order valence-corrected chi connectivity index (χ0v) is 25.4. The van der Waals surface area contributed by atoms with Crippen molar-refractivity contribution in [1.29, 1.82) is 0 Å². The number of unbranched alkanes of at least 4 members (excludes halogenated alkanes) is 20. The molecule has 0 aliphatic heterocycles. The first-order valence-electron chi connectivity index (χ1n) is 16.2. The van der Waals surface area contributed by atoms with Gasteiger partial charge < -0.3 is 20.3 Å². The van der Waals surface area contributed by atoms with Gasteiger partial charge in [0.2, 0.25) is 6.10 Å². The quantitative estimate of drug-likeness (QED) is 0.0722. The van der Waals surface area contributed by atoms with Crippen molar-refractivity contribution >= 4 is 17.8 Å². The Bertz CT molecular complexity index is 597. The fourth-order valence-corrected chi connectivity index (χ4v) is 4.81. The first kappa shape index (κ1) is 37.4. The molecule has 0 aliphatic rings. The third kappa shape index (κ3) is 23.9. The number of carbonyl (C=O) groups is 3. The lowest BCUT2D eigenvalue weighted by atomic mass is 10.1. The van der Waals surface area contributed by atoms with Gasteiger partial charge in [-0.3, -0.25) is 14.4 Å². The molecule has 2 atom stereocenters. The van der Waals surface area contributed by atoms with Gasteiger partial charge in [0.25, 0.3) is 5.91 Å². The number of aliphatic hydroxyl groups excluding tert-OH is 1. The van der Waals surface area contributed by atoms with Gasteiger partial charge in [0, 0.05) is 12.8 Å². The summed E-state index contributed by atoms with van der Waals surface area (Å²) in [5.41, 5.74) is 5.39. The van der Waals surface area contributed by atoms with Crippen LogP contribution in [0.1, 0.15) is 168 Å². The first-order valence-corrected chi connectivity index (χ1v) is 16.2. The largest absolute Gasteiger partial charge is 0.455 e. The average molecular weight is 556 g/mol. The van der Waals surface area contributed by atoms with E-state index in [4.69, 9.17) is 15.2 Å². The fourth-order valence-electron chi connectivity index (χ4n) is 4.81. The highest BCUT2D eigenvalue weighted by Crippen LogP contribution is 2.15. The smallest absolute Gasteiger partial charge is 0.306 e. The first-order chi connectivity index (χ1) is 19.0. The predicted molar refractivity (Wildman–Crippen MR) is 158 cm³/mol. The van der Waals surface area contributed by atoms with E-state index in [9.17, 15) is 19.5 Å². The van der Waals surface area contributed by atoms with Gasteiger partial charge in [0.15, 0.2) is 6.10 Å². The lowest BCUT2D eigenvalue weighted by Crippen LogP contribution is -2.46. The molecule has 3 N–H and O–H groups in total. The highest BCUT2D eigenvalue weighted by molar-refractivity contribution is 5.83. The van der Waals surface area contributed by atoms with Crippen LogP contribution >= 0.6 is 0 Å². The van der Waals surface area contributed by atoms with Gasteiger partial charge in [-0.05, 0) is 12.8 Å². The molecule has 0 spiro atoms. The van der Waals surface area contributed by atoms with E-state index in [0.29, 0.717) is 12.8 Å². The van der Waals surface area contributed by atoms with E-state index in [1.807, 2.05) is 0 Å². The van der Waals surface area contributed by atoms with Crippen LogP contribution < -0.4 is 5.73 Å². The van der Waals surface area contributed by atoms with Crippen LogP contribution in [-0.4, -0.2) is 41.8 Å². The van der Waals surface area contributed by atoms with E-state index in [0.717, 1.165) is 32.1 Å². The molecule has 0 bridgehead atoms. The molecule has 0 radical (unpaired) electrons. The maximum absolute atomic E-state index is 12.3. The van der Waals surface area contributed by atoms with Crippen molar-refractivity contribution in [2.45, 2.75) is 180 Å². The molecule has 0 saturated heterocycles. The van der Waals surface area contributed by atoms with E-state index in [1.165, 1.54) is 96.3 Å². The molecule has 0 aromatic carbocycles. The van der Waals surface area contributed by atoms with Crippen molar-refractivity contribution in [3.05, 3.63) is 0 Å². The van der Waals surface area contributed by atoms with Gasteiger partial charge in [-0.1, -0.05) is 142 Å². The maximum atomic E-state index is 12.3. The Morgan fingerprint density at radius 3 is 1.15 bits per heavy atom. The summed E-state index contributed by atoms with van der Waals surface area (Å²) in [5.74, 6) is -2.00. The Balaban J connectivity index is 4.02. The van der Waals surface area contributed by atoms with Crippen molar-refractivity contribution in [2.75, 3.05) is 6.61 Å². The molecule has 230 valence electrons. The van der Waals surface area contributed by atoms with Crippen molar-refractivity contribution in [1.82, 2.24) is 0 Å². The van der Waals surface area contributed by atoms with E-state index >= 15 is 0 Å². The number of amides is 1. The zero-order valence-electron chi connectivity index (χ0n) is 25.4. The highest BCUT2D eigenvalue weighted by Gasteiger charge is 2.33. The Kier molecular flexibility index (Phi) is 26.8. The molecule has 7 heteroatoms. The molecule has 0 saturated carbocycles. The Morgan fingerprint density at radius 1 is 0.538 bits per heavy atom. The van der Waals surface area contributed by atoms with Crippen LogP contribution in [0, 0.1) is 0 Å². The molecule has 7 nitrogen and oxygen atoms in total. The topological polar surface area (TPSA) is 116 Å². The third-order valence-corrected chi connectivity index (χ3v) is 7.31. The number of carbonyl (C=O) groups excluding carboxylic acids is 3. The highest BCUT2D eigenvalue weighted by atomic mass is 16.6. The number of rotatable bonds is 29. The zero-order chi connectivity index (χ0) is 29.0. The molecule has 0 aliphatic carbocycles. The van der Waals surface area contributed by atoms with E-state index in [1.54, 1.807) is 0 Å². The maximum Gasteiger partial charge on any atom is 0.306 e. The standard InChI is InChI=1S/C32H61NO6/c1-3-5-7-9-11-13-15-17-19-21-23-25-29(35)38-28(27-34)31(32(33)37)39-30(36)26-24-22-20-18-16-14-12-10-8-6-4-2/h28,31,34H,3-27H2,1-2H3,(H2,33,37). The van der Waals surface area contributed by atoms with Crippen molar-refractivity contribution in [3.63, 3.8) is 0 Å². The molecular weight excluding hydrogens is 494 g/mol. The number of ether oxygens (including phenoxy) is 2. The fraction of sp³-hybridized carbons (Fsp3) is 0.906. The van der Waals surface area contributed by atoms with Gasteiger partial charge >= 0.3 is 11.9 Å². The molecular formula is C32H61NO6. The molecule has 0 aromatic rings. The Labute approximate surface area is 239 Å². The second kappa shape index (κ2) is 27.9. The SMILES string of the molecule is CCCCCCCCCCCCCC(=O)OC(CO)C(OC(=O)CCCCCCCCCCCCC)C(N)=O. The number of esters is 2. The van der Waals surface area contributed by atoms with Gasteiger partial charge in [-0.25, -0.2) is 0 Å². The van der Waals surface area contributed by atoms with Crippen LogP contribution in [0.15, 0.2) is 0 Å². The molecule has 39 heavy (non-hydrogen) atoms. The Morgan fingerprint density at radius 2 is 0.846 bits per heavy atom. The Hall–Kier alpha value is -1.63. The van der Waals surface area contributed by atoms with Crippen LogP contribution in [0.4, 0.5) is 0 Å². The molecule has 2 unspecified atom stereocenters. The molecule has 1 amide bonds. The van der Waals surface area contributed by atoms with Crippen LogP contribution in [0.2, 0.25) is 0 Å². The summed E-state index contributed by atoms with van der Waals surface area (Å²) in [6.45, 7) is 3.82. The molecule has 0 rings (SSSR count). The summed E-state index contributed by atoms with van der Waals surface area (Å²) >= 11 is 0. The van der Waals surface area contributed by atoms with Crippen molar-refractivity contribution in [3.8, 4) is 0 Å². The number of primary amides is 1. The van der Waals surface area contributed by atoms with Gasteiger partial charge in [0.1, 0.15) is 0 Å². The summed E-state index contributed by atoms with van der Waals surface area (Å²) in [6, 6.07) is 0. The van der Waals surface area contributed by atoms with E-state index in [-0.39, 0.29) is 12.8 Å². The minimum atomic E-state index is -1.48.